The zero-order valence-electron chi connectivity index (χ0n) is 11.1. The number of fused-ring (bicyclic) bond motifs is 1. The number of nitrogens with zero attached hydrogens (tertiary/aromatic N) is 1. The van der Waals surface area contributed by atoms with Crippen molar-refractivity contribution in [2.24, 2.45) is 0 Å². The van der Waals surface area contributed by atoms with Crippen molar-refractivity contribution in [1.29, 1.82) is 0 Å². The molecule has 0 saturated heterocycles. The van der Waals surface area contributed by atoms with Gasteiger partial charge in [-0.3, -0.25) is 10.1 Å². The summed E-state index contributed by atoms with van der Waals surface area (Å²) in [5.74, 6) is 1.17. The van der Waals surface area contributed by atoms with Gasteiger partial charge in [0, 0.05) is 30.3 Å². The van der Waals surface area contributed by atoms with Gasteiger partial charge in [-0.2, -0.15) is 0 Å². The number of carbonyl (C=O) groups excluding carboxylic acids is 1. The van der Waals surface area contributed by atoms with Gasteiger partial charge >= 0.3 is 0 Å². The summed E-state index contributed by atoms with van der Waals surface area (Å²) in [5, 5.41) is 3.44. The van der Waals surface area contributed by atoms with Crippen molar-refractivity contribution in [3.05, 3.63) is 29.8 Å². The van der Waals surface area contributed by atoms with Crippen molar-refractivity contribution in [2.45, 2.75) is 30.8 Å². The molecule has 1 amide bonds. The molecule has 1 aliphatic heterocycles. The molecule has 2 unspecified atom stereocenters. The lowest BCUT2D eigenvalue weighted by molar-refractivity contribution is -0.131. The Labute approximate surface area is 113 Å². The summed E-state index contributed by atoms with van der Waals surface area (Å²) in [6.07, 6.45) is 0. The van der Waals surface area contributed by atoms with E-state index in [1.54, 1.807) is 4.90 Å². The van der Waals surface area contributed by atoms with Crippen molar-refractivity contribution < 1.29 is 4.79 Å². The molecule has 98 valence electrons. The Balaban J connectivity index is 2.01. The largest absolute Gasteiger partial charge is 0.345 e. The highest BCUT2D eigenvalue weighted by molar-refractivity contribution is 7.99. The first-order valence-electron chi connectivity index (χ1n) is 6.36. The smallest absolute Gasteiger partial charge is 0.239 e. The van der Waals surface area contributed by atoms with Crippen LogP contribution >= 0.6 is 11.8 Å². The minimum atomic E-state index is -0.133. The molecule has 3 nitrogen and oxygen atoms in total. The molecule has 18 heavy (non-hydrogen) atoms. The van der Waals surface area contributed by atoms with E-state index < -0.39 is 0 Å². The second kappa shape index (κ2) is 5.76. The van der Waals surface area contributed by atoms with Crippen LogP contribution in [0.4, 0.5) is 0 Å². The highest BCUT2D eigenvalue weighted by Crippen LogP contribution is 2.37. The van der Waals surface area contributed by atoms with Gasteiger partial charge in [0.25, 0.3) is 0 Å². The number of amides is 1. The molecule has 0 saturated carbocycles. The molecule has 1 aliphatic rings. The Bertz CT molecular complexity index is 436. The molecule has 1 aromatic carbocycles. The molecule has 0 bridgehead atoms. The van der Waals surface area contributed by atoms with Crippen LogP contribution in [0.3, 0.4) is 0 Å². The lowest BCUT2D eigenvalue weighted by Gasteiger charge is -2.23. The summed E-state index contributed by atoms with van der Waals surface area (Å²) in [6, 6.07) is 8.57. The molecular formula is C14H20N2OS. The average Bonchev–Trinajstić information content (AvgIpc) is 2.80. The predicted octanol–water partition coefficient (Wildman–Crippen LogP) is 2.29. The van der Waals surface area contributed by atoms with Crippen LogP contribution < -0.4 is 5.32 Å². The molecule has 0 fully saturated rings. The number of hydrogen-bond acceptors (Lipinski definition) is 3. The van der Waals surface area contributed by atoms with E-state index in [9.17, 15) is 4.79 Å². The van der Waals surface area contributed by atoms with E-state index in [1.807, 2.05) is 32.7 Å². The first-order valence-corrected chi connectivity index (χ1v) is 7.34. The van der Waals surface area contributed by atoms with Crippen LogP contribution in [0.1, 0.15) is 25.5 Å². The molecule has 2 atom stereocenters. The van der Waals surface area contributed by atoms with Gasteiger partial charge in [0.2, 0.25) is 5.91 Å². The summed E-state index contributed by atoms with van der Waals surface area (Å²) in [6.45, 7) is 4.69. The maximum Gasteiger partial charge on any atom is 0.239 e. The van der Waals surface area contributed by atoms with Crippen LogP contribution in [0, 0.1) is 0 Å². The standard InChI is InChI=1S/C14H20N2OS/c1-4-16(3)14(17)10(2)15-12-9-18-13-8-6-5-7-11(12)13/h5-8,10,12,15H,4,9H2,1-3H3. The fraction of sp³-hybridized carbons (Fsp3) is 0.500. The van der Waals surface area contributed by atoms with E-state index in [0.29, 0.717) is 0 Å². The number of likely N-dealkylation sites (N-methyl/N-ethyl adjacent to an activating group) is 1. The van der Waals surface area contributed by atoms with Crippen LogP contribution in [0.15, 0.2) is 29.2 Å². The number of rotatable bonds is 4. The van der Waals surface area contributed by atoms with Gasteiger partial charge < -0.3 is 4.90 Å². The lowest BCUT2D eigenvalue weighted by Crippen LogP contribution is -2.44. The van der Waals surface area contributed by atoms with E-state index in [0.717, 1.165) is 12.3 Å². The van der Waals surface area contributed by atoms with Gasteiger partial charge in [0.1, 0.15) is 0 Å². The quantitative estimate of drug-likeness (QED) is 0.905. The number of thioether (sulfide) groups is 1. The normalized spacial score (nSPS) is 19.4. The minimum absolute atomic E-state index is 0.133. The van der Waals surface area contributed by atoms with Crippen LogP contribution in [0.2, 0.25) is 0 Å². The fourth-order valence-corrected chi connectivity index (χ4v) is 3.33. The van der Waals surface area contributed by atoms with Gasteiger partial charge in [-0.1, -0.05) is 18.2 Å². The summed E-state index contributed by atoms with van der Waals surface area (Å²) in [5.41, 5.74) is 1.32. The van der Waals surface area contributed by atoms with E-state index in [4.69, 9.17) is 0 Å². The summed E-state index contributed by atoms with van der Waals surface area (Å²) in [4.78, 5) is 15.1. The highest BCUT2D eigenvalue weighted by atomic mass is 32.2. The molecule has 0 spiro atoms. The first kappa shape index (κ1) is 13.4. The second-order valence-electron chi connectivity index (χ2n) is 4.64. The Morgan fingerprint density at radius 2 is 2.28 bits per heavy atom. The van der Waals surface area contributed by atoms with Crippen molar-refractivity contribution in [3.8, 4) is 0 Å². The third-order valence-corrected chi connectivity index (χ3v) is 4.55. The summed E-state index contributed by atoms with van der Waals surface area (Å²) in [7, 11) is 1.85. The third-order valence-electron chi connectivity index (χ3n) is 3.37. The maximum absolute atomic E-state index is 12.0. The van der Waals surface area contributed by atoms with Crippen molar-refractivity contribution in [1.82, 2.24) is 10.2 Å². The molecule has 0 aromatic heterocycles. The third kappa shape index (κ3) is 2.70. The van der Waals surface area contributed by atoms with E-state index in [2.05, 4.69) is 29.6 Å². The second-order valence-corrected chi connectivity index (χ2v) is 5.70. The van der Waals surface area contributed by atoms with Crippen molar-refractivity contribution in [3.63, 3.8) is 0 Å². The predicted molar refractivity (Wildman–Crippen MR) is 75.8 cm³/mol. The topological polar surface area (TPSA) is 32.3 Å². The molecule has 0 aliphatic carbocycles. The molecule has 4 heteroatoms. The molecule has 1 aromatic rings. The zero-order chi connectivity index (χ0) is 13.1. The SMILES string of the molecule is CCN(C)C(=O)C(C)NC1CSc2ccccc21. The van der Waals surface area contributed by atoms with Gasteiger partial charge in [0.15, 0.2) is 0 Å². The Kier molecular flexibility index (Phi) is 4.30. The van der Waals surface area contributed by atoms with E-state index in [1.165, 1.54) is 10.5 Å². The number of nitrogens with one attached hydrogen (secondary N) is 1. The van der Waals surface area contributed by atoms with Crippen LogP contribution in [0.25, 0.3) is 0 Å². The van der Waals surface area contributed by atoms with Gasteiger partial charge in [0.05, 0.1) is 6.04 Å². The Hall–Kier alpha value is -1.00. The molecule has 1 heterocycles. The van der Waals surface area contributed by atoms with E-state index in [-0.39, 0.29) is 18.0 Å². The molecule has 1 N–H and O–H groups in total. The molecule has 0 radical (unpaired) electrons. The highest BCUT2D eigenvalue weighted by Gasteiger charge is 2.26. The van der Waals surface area contributed by atoms with Crippen LogP contribution in [-0.4, -0.2) is 36.2 Å². The number of benzene rings is 1. The van der Waals surface area contributed by atoms with Crippen LogP contribution in [0.5, 0.6) is 0 Å². The number of carbonyl (C=O) groups is 1. The Morgan fingerprint density at radius 1 is 1.56 bits per heavy atom. The first-order chi connectivity index (χ1) is 8.63. The maximum atomic E-state index is 12.0. The van der Waals surface area contributed by atoms with E-state index >= 15 is 0 Å². The van der Waals surface area contributed by atoms with Gasteiger partial charge in [-0.15, -0.1) is 11.8 Å². The number of hydrogen-bond donors (Lipinski definition) is 1. The summed E-state index contributed by atoms with van der Waals surface area (Å²) < 4.78 is 0. The lowest BCUT2D eigenvalue weighted by atomic mass is 10.1. The minimum Gasteiger partial charge on any atom is -0.345 e. The molecule has 2 rings (SSSR count). The van der Waals surface area contributed by atoms with Crippen LogP contribution in [-0.2, 0) is 4.79 Å². The monoisotopic (exact) mass is 264 g/mol. The van der Waals surface area contributed by atoms with Crippen molar-refractivity contribution in [2.75, 3.05) is 19.3 Å². The fourth-order valence-electron chi connectivity index (χ4n) is 2.16. The Morgan fingerprint density at radius 3 is 3.00 bits per heavy atom. The van der Waals surface area contributed by atoms with Gasteiger partial charge in [-0.05, 0) is 25.5 Å². The molecular weight excluding hydrogens is 244 g/mol. The summed E-state index contributed by atoms with van der Waals surface area (Å²) >= 11 is 1.86. The van der Waals surface area contributed by atoms with Gasteiger partial charge in [-0.25, -0.2) is 0 Å². The zero-order valence-corrected chi connectivity index (χ0v) is 12.0. The van der Waals surface area contributed by atoms with Crippen molar-refractivity contribution >= 4 is 17.7 Å². The average molecular weight is 264 g/mol.